The molecule has 0 aliphatic heterocycles. The summed E-state index contributed by atoms with van der Waals surface area (Å²) >= 11 is 2.94. The van der Waals surface area contributed by atoms with Gasteiger partial charge >= 0.3 is 0 Å². The highest BCUT2D eigenvalue weighted by atomic mass is 79.9. The van der Waals surface area contributed by atoms with E-state index in [0.29, 0.717) is 0 Å². The lowest BCUT2D eigenvalue weighted by Gasteiger charge is -2.10. The third kappa shape index (κ3) is 1.92. The van der Waals surface area contributed by atoms with Crippen molar-refractivity contribution >= 4 is 27.4 Å². The largest absolute Gasteiger partial charge is 0.398 e. The summed E-state index contributed by atoms with van der Waals surface area (Å²) in [6, 6.07) is 2.73. The van der Waals surface area contributed by atoms with Crippen LogP contribution in [0.15, 0.2) is 16.6 Å². The minimum Gasteiger partial charge on any atom is -0.398 e. The number of hydrogen-bond acceptors (Lipinski definition) is 2. The number of Topliss-reactive ketones (excluding diaryl/α,β-unsaturated/α-hetero) is 1. The van der Waals surface area contributed by atoms with Gasteiger partial charge in [0.25, 0.3) is 6.43 Å². The zero-order valence-corrected chi connectivity index (χ0v) is 8.94. The Morgan fingerprint density at radius 2 is 2.07 bits per heavy atom. The Labute approximate surface area is 88.2 Å². The molecular formula is C9H8BrF2NO. The number of halogens is 3. The zero-order valence-electron chi connectivity index (χ0n) is 7.35. The van der Waals surface area contributed by atoms with Gasteiger partial charge in [0, 0.05) is 16.8 Å². The first-order valence-corrected chi connectivity index (χ1v) is 4.61. The molecule has 0 radical (unpaired) electrons. The van der Waals surface area contributed by atoms with E-state index in [4.69, 9.17) is 5.73 Å². The van der Waals surface area contributed by atoms with E-state index in [1.807, 2.05) is 0 Å². The lowest BCUT2D eigenvalue weighted by Crippen LogP contribution is -2.03. The number of rotatable bonds is 2. The van der Waals surface area contributed by atoms with Crippen LogP contribution in [0.2, 0.25) is 0 Å². The molecule has 0 aliphatic rings. The van der Waals surface area contributed by atoms with Gasteiger partial charge < -0.3 is 5.73 Å². The predicted octanol–water partition coefficient (Wildman–Crippen LogP) is 3.17. The number of nitrogen functional groups attached to an aromatic ring is 1. The second-order valence-electron chi connectivity index (χ2n) is 2.79. The highest BCUT2D eigenvalue weighted by molar-refractivity contribution is 9.10. The van der Waals surface area contributed by atoms with Gasteiger partial charge in [-0.1, -0.05) is 0 Å². The zero-order chi connectivity index (χ0) is 10.9. The fourth-order valence-electron chi connectivity index (χ4n) is 1.13. The molecule has 0 heterocycles. The number of carbonyl (C=O) groups excluding carboxylic acids is 1. The summed E-state index contributed by atoms with van der Waals surface area (Å²) in [5.74, 6) is -0.402. The average Bonchev–Trinajstić information content (AvgIpc) is 2.08. The second kappa shape index (κ2) is 4.04. The number of benzene rings is 1. The molecule has 0 saturated carbocycles. The fraction of sp³-hybridized carbons (Fsp3) is 0.222. The van der Waals surface area contributed by atoms with Gasteiger partial charge in [-0.15, -0.1) is 0 Å². The first kappa shape index (κ1) is 11.1. The third-order valence-electron chi connectivity index (χ3n) is 1.81. The Morgan fingerprint density at radius 3 is 2.50 bits per heavy atom. The molecule has 0 fully saturated rings. The van der Waals surface area contributed by atoms with E-state index < -0.39 is 12.2 Å². The topological polar surface area (TPSA) is 43.1 Å². The summed E-state index contributed by atoms with van der Waals surface area (Å²) in [7, 11) is 0. The van der Waals surface area contributed by atoms with Crippen LogP contribution in [-0.4, -0.2) is 5.78 Å². The summed E-state index contributed by atoms with van der Waals surface area (Å²) in [5, 5.41) is 0. The summed E-state index contributed by atoms with van der Waals surface area (Å²) in [6.45, 7) is 1.24. The molecule has 14 heavy (non-hydrogen) atoms. The molecule has 1 rings (SSSR count). The minimum absolute atomic E-state index is 0.000995. The van der Waals surface area contributed by atoms with Gasteiger partial charge in [0.05, 0.1) is 4.47 Å². The number of ketones is 1. The number of nitrogens with two attached hydrogens (primary N) is 1. The van der Waals surface area contributed by atoms with Crippen LogP contribution in [0.1, 0.15) is 29.3 Å². The van der Waals surface area contributed by atoms with E-state index in [9.17, 15) is 13.6 Å². The molecule has 0 amide bonds. The maximum atomic E-state index is 12.6. The Morgan fingerprint density at radius 1 is 1.50 bits per heavy atom. The van der Waals surface area contributed by atoms with Crippen molar-refractivity contribution in [2.75, 3.05) is 5.73 Å². The van der Waals surface area contributed by atoms with Gasteiger partial charge in [0.1, 0.15) is 0 Å². The molecule has 0 atom stereocenters. The Bertz CT molecular complexity index is 379. The first-order chi connectivity index (χ1) is 6.45. The van der Waals surface area contributed by atoms with Gasteiger partial charge in [0.15, 0.2) is 5.78 Å². The second-order valence-corrected chi connectivity index (χ2v) is 3.58. The number of alkyl halides is 2. The minimum atomic E-state index is -2.72. The molecule has 0 aliphatic carbocycles. The standard InChI is InChI=1S/C9H8BrF2NO/c1-4(14)5-2-3-6(13)8(10)7(5)9(11)12/h2-3,9H,13H2,1H3. The summed E-state index contributed by atoms with van der Waals surface area (Å²) < 4.78 is 25.3. The van der Waals surface area contributed by atoms with Crippen LogP contribution in [0.25, 0.3) is 0 Å². The van der Waals surface area contributed by atoms with Crippen LogP contribution in [0.5, 0.6) is 0 Å². The number of hydrogen-bond donors (Lipinski definition) is 1. The van der Waals surface area contributed by atoms with Crippen molar-refractivity contribution in [3.63, 3.8) is 0 Å². The van der Waals surface area contributed by atoms with Crippen molar-refractivity contribution in [3.8, 4) is 0 Å². The van der Waals surface area contributed by atoms with Crippen LogP contribution < -0.4 is 5.73 Å². The normalized spacial score (nSPS) is 10.6. The lowest BCUT2D eigenvalue weighted by molar-refractivity contribution is 0.0998. The van der Waals surface area contributed by atoms with Gasteiger partial charge in [-0.3, -0.25) is 4.79 Å². The predicted molar refractivity (Wildman–Crippen MR) is 53.5 cm³/mol. The Balaban J connectivity index is 3.45. The van der Waals surface area contributed by atoms with Gasteiger partial charge in [-0.2, -0.15) is 0 Å². The third-order valence-corrected chi connectivity index (χ3v) is 2.69. The van der Waals surface area contributed by atoms with Crippen molar-refractivity contribution in [3.05, 3.63) is 27.7 Å². The lowest BCUT2D eigenvalue weighted by atomic mass is 10.0. The van der Waals surface area contributed by atoms with E-state index >= 15 is 0 Å². The quantitative estimate of drug-likeness (QED) is 0.658. The average molecular weight is 264 g/mol. The van der Waals surface area contributed by atoms with Crippen LogP contribution >= 0.6 is 15.9 Å². The molecule has 2 nitrogen and oxygen atoms in total. The van der Waals surface area contributed by atoms with Gasteiger partial charge in [-0.25, -0.2) is 8.78 Å². The maximum Gasteiger partial charge on any atom is 0.265 e. The van der Waals surface area contributed by atoms with E-state index in [0.717, 1.165) is 0 Å². The molecule has 0 saturated heterocycles. The van der Waals surface area contributed by atoms with E-state index in [2.05, 4.69) is 15.9 Å². The number of anilines is 1. The van der Waals surface area contributed by atoms with Crippen molar-refractivity contribution < 1.29 is 13.6 Å². The molecule has 0 aromatic heterocycles. The van der Waals surface area contributed by atoms with E-state index in [1.165, 1.54) is 19.1 Å². The molecule has 76 valence electrons. The van der Waals surface area contributed by atoms with Gasteiger partial charge in [0.2, 0.25) is 0 Å². The smallest absolute Gasteiger partial charge is 0.265 e. The molecule has 0 bridgehead atoms. The highest BCUT2D eigenvalue weighted by Crippen LogP contribution is 2.34. The van der Waals surface area contributed by atoms with Crippen molar-refractivity contribution in [2.45, 2.75) is 13.3 Å². The molecule has 0 unspecified atom stereocenters. The Hall–Kier alpha value is -0.970. The van der Waals surface area contributed by atoms with Crippen molar-refractivity contribution in [1.82, 2.24) is 0 Å². The maximum absolute atomic E-state index is 12.6. The van der Waals surface area contributed by atoms with Crippen molar-refractivity contribution in [1.29, 1.82) is 0 Å². The molecule has 1 aromatic rings. The van der Waals surface area contributed by atoms with Gasteiger partial charge in [-0.05, 0) is 35.0 Å². The molecular weight excluding hydrogens is 256 g/mol. The van der Waals surface area contributed by atoms with Crippen LogP contribution in [0, 0.1) is 0 Å². The van der Waals surface area contributed by atoms with E-state index in [1.54, 1.807) is 0 Å². The SMILES string of the molecule is CC(=O)c1ccc(N)c(Br)c1C(F)F. The molecule has 0 spiro atoms. The van der Waals surface area contributed by atoms with Crippen LogP contribution in [-0.2, 0) is 0 Å². The van der Waals surface area contributed by atoms with Crippen LogP contribution in [0.3, 0.4) is 0 Å². The highest BCUT2D eigenvalue weighted by Gasteiger charge is 2.20. The van der Waals surface area contributed by atoms with E-state index in [-0.39, 0.29) is 21.3 Å². The molecule has 1 aromatic carbocycles. The fourth-order valence-corrected chi connectivity index (χ4v) is 1.65. The number of carbonyl (C=O) groups is 1. The summed E-state index contributed by atoms with van der Waals surface area (Å²) in [5.41, 5.74) is 5.30. The molecule has 2 N–H and O–H groups in total. The summed E-state index contributed by atoms with van der Waals surface area (Å²) in [4.78, 5) is 11.0. The van der Waals surface area contributed by atoms with Crippen LogP contribution in [0.4, 0.5) is 14.5 Å². The molecule has 5 heteroatoms. The first-order valence-electron chi connectivity index (χ1n) is 3.82. The summed E-state index contributed by atoms with van der Waals surface area (Å²) in [6.07, 6.45) is -2.72. The van der Waals surface area contributed by atoms with Crippen molar-refractivity contribution in [2.24, 2.45) is 0 Å². The Kier molecular flexibility index (Phi) is 3.21. The monoisotopic (exact) mass is 263 g/mol.